The lowest BCUT2D eigenvalue weighted by Crippen LogP contribution is -2.62. The Morgan fingerprint density at radius 3 is 2.45 bits per heavy atom. The molecule has 0 heterocycles. The standard InChI is InChI=1S/C30H46O3/c1-19(2)22-12-14-29(7)24(27(22,5)13-8-18-31)10-9-23-25-21(4)20(3)11-15-30(25,26(32)33)17-16-28(23,29)6/h9,18,20-22,24-25H,1,8,10-17H2,2-7H3,(H,32,33)/t20-,21+,22+,24-,25?,27+,28-,29-,30+/m1/s1. The summed E-state index contributed by atoms with van der Waals surface area (Å²) in [6.45, 7) is 18.6. The van der Waals surface area contributed by atoms with E-state index in [1.807, 2.05) is 0 Å². The molecule has 0 aromatic heterocycles. The third-order valence-corrected chi connectivity index (χ3v) is 12.1. The summed E-state index contributed by atoms with van der Waals surface area (Å²) >= 11 is 0. The molecule has 1 N–H and O–H groups in total. The van der Waals surface area contributed by atoms with E-state index in [2.05, 4.69) is 54.2 Å². The van der Waals surface area contributed by atoms with Crippen molar-refractivity contribution < 1.29 is 14.7 Å². The first-order valence-electron chi connectivity index (χ1n) is 13.4. The van der Waals surface area contributed by atoms with E-state index in [-0.39, 0.29) is 22.2 Å². The van der Waals surface area contributed by atoms with Crippen molar-refractivity contribution in [1.82, 2.24) is 0 Å². The zero-order valence-corrected chi connectivity index (χ0v) is 21.9. The molecule has 3 heteroatoms. The number of carboxylic acids is 1. The summed E-state index contributed by atoms with van der Waals surface area (Å²) in [6.07, 6.45) is 12.0. The number of aliphatic carboxylic acids is 1. The fourth-order valence-corrected chi connectivity index (χ4v) is 9.75. The van der Waals surface area contributed by atoms with Crippen LogP contribution in [0.4, 0.5) is 0 Å². The summed E-state index contributed by atoms with van der Waals surface area (Å²) in [5.74, 6) is 1.48. The van der Waals surface area contributed by atoms with E-state index >= 15 is 0 Å². The van der Waals surface area contributed by atoms with Crippen LogP contribution < -0.4 is 0 Å². The fourth-order valence-electron chi connectivity index (χ4n) is 9.75. The molecule has 4 aliphatic rings. The lowest BCUT2D eigenvalue weighted by molar-refractivity contribution is -0.173. The summed E-state index contributed by atoms with van der Waals surface area (Å²) in [7, 11) is 0. The lowest BCUT2D eigenvalue weighted by atomic mass is 9.35. The van der Waals surface area contributed by atoms with E-state index in [0.29, 0.717) is 30.1 Å². The second kappa shape index (κ2) is 8.09. The van der Waals surface area contributed by atoms with E-state index in [0.717, 1.165) is 57.7 Å². The van der Waals surface area contributed by atoms with Gasteiger partial charge in [0.2, 0.25) is 0 Å². The maximum atomic E-state index is 12.8. The van der Waals surface area contributed by atoms with Crippen molar-refractivity contribution in [3.8, 4) is 0 Å². The van der Waals surface area contributed by atoms with Gasteiger partial charge in [-0.15, -0.1) is 0 Å². The van der Waals surface area contributed by atoms with E-state index in [1.54, 1.807) is 0 Å². The number of carboxylic acid groups (broad SMARTS) is 1. The van der Waals surface area contributed by atoms with Crippen LogP contribution in [0.2, 0.25) is 0 Å². The molecule has 1 unspecified atom stereocenters. The molecule has 4 aliphatic carbocycles. The Hall–Kier alpha value is -1.38. The Balaban J connectivity index is 1.84. The molecule has 3 nitrogen and oxygen atoms in total. The molecule has 0 bridgehead atoms. The highest BCUT2D eigenvalue weighted by atomic mass is 16.4. The number of hydrogen-bond acceptors (Lipinski definition) is 2. The van der Waals surface area contributed by atoms with Crippen LogP contribution in [0.3, 0.4) is 0 Å². The van der Waals surface area contributed by atoms with Crippen LogP contribution in [-0.2, 0) is 9.59 Å². The fraction of sp³-hybridized carbons (Fsp3) is 0.800. The van der Waals surface area contributed by atoms with E-state index in [1.165, 1.54) is 11.1 Å². The molecule has 0 aromatic rings. The van der Waals surface area contributed by atoms with Crippen LogP contribution in [-0.4, -0.2) is 17.4 Å². The van der Waals surface area contributed by atoms with Crippen molar-refractivity contribution in [2.75, 3.05) is 0 Å². The quantitative estimate of drug-likeness (QED) is 0.346. The Kier molecular flexibility index (Phi) is 6.07. The molecule has 33 heavy (non-hydrogen) atoms. The summed E-state index contributed by atoms with van der Waals surface area (Å²) in [5.41, 5.74) is 2.33. The number of fused-ring (bicyclic) bond motifs is 5. The number of hydrogen-bond donors (Lipinski definition) is 1. The topological polar surface area (TPSA) is 54.4 Å². The average Bonchev–Trinajstić information content (AvgIpc) is 2.75. The van der Waals surface area contributed by atoms with Gasteiger partial charge in [-0.25, -0.2) is 0 Å². The minimum absolute atomic E-state index is 0.0212. The number of carbonyl (C=O) groups is 2. The molecule has 0 spiro atoms. The SMILES string of the molecule is C=C(C)[C@@H]1CC[C@]2(C)[C@H](CC=C3C4[C@@H](C)[C@H](C)CC[C@]4(C(=O)O)CC[C@]32C)[C@@]1(C)CCC=O. The molecule has 0 aliphatic heterocycles. The zero-order valence-electron chi connectivity index (χ0n) is 21.9. The van der Waals surface area contributed by atoms with Crippen molar-refractivity contribution >= 4 is 12.3 Å². The van der Waals surface area contributed by atoms with E-state index in [4.69, 9.17) is 0 Å². The van der Waals surface area contributed by atoms with Crippen molar-refractivity contribution in [3.05, 3.63) is 23.8 Å². The lowest BCUT2D eigenvalue weighted by Gasteiger charge is -2.69. The van der Waals surface area contributed by atoms with Crippen LogP contribution in [0.1, 0.15) is 99.3 Å². The summed E-state index contributed by atoms with van der Waals surface area (Å²) < 4.78 is 0. The van der Waals surface area contributed by atoms with E-state index in [9.17, 15) is 14.7 Å². The second-order valence-electron chi connectivity index (χ2n) is 13.2. The Labute approximate surface area is 201 Å². The highest BCUT2D eigenvalue weighted by molar-refractivity contribution is 5.76. The average molecular weight is 455 g/mol. The molecule has 0 amide bonds. The molecule has 0 aromatic carbocycles. The van der Waals surface area contributed by atoms with Crippen LogP contribution >= 0.6 is 0 Å². The van der Waals surface area contributed by atoms with Crippen LogP contribution in [0.15, 0.2) is 23.8 Å². The van der Waals surface area contributed by atoms with Crippen LogP contribution in [0.25, 0.3) is 0 Å². The predicted octanol–water partition coefficient (Wildman–Crippen LogP) is 7.46. The maximum absolute atomic E-state index is 12.8. The number of rotatable bonds is 5. The molecule has 0 radical (unpaired) electrons. The molecule has 184 valence electrons. The first-order valence-corrected chi connectivity index (χ1v) is 13.4. The van der Waals surface area contributed by atoms with Gasteiger partial charge in [-0.05, 0) is 104 Å². The Morgan fingerprint density at radius 1 is 1.15 bits per heavy atom. The van der Waals surface area contributed by atoms with Gasteiger partial charge in [0.15, 0.2) is 0 Å². The minimum atomic E-state index is -0.587. The number of aldehydes is 1. The summed E-state index contributed by atoms with van der Waals surface area (Å²) in [4.78, 5) is 24.2. The molecule has 0 saturated heterocycles. The van der Waals surface area contributed by atoms with Crippen molar-refractivity contribution in [2.24, 2.45) is 51.2 Å². The highest BCUT2D eigenvalue weighted by Gasteiger charge is 2.67. The molecular weight excluding hydrogens is 408 g/mol. The van der Waals surface area contributed by atoms with Gasteiger partial charge in [0.1, 0.15) is 6.29 Å². The van der Waals surface area contributed by atoms with E-state index < -0.39 is 11.4 Å². The van der Waals surface area contributed by atoms with Gasteiger partial charge in [0.25, 0.3) is 0 Å². The largest absolute Gasteiger partial charge is 0.481 e. The van der Waals surface area contributed by atoms with Crippen LogP contribution in [0.5, 0.6) is 0 Å². The third-order valence-electron chi connectivity index (χ3n) is 12.1. The van der Waals surface area contributed by atoms with Gasteiger partial charge < -0.3 is 9.90 Å². The third kappa shape index (κ3) is 3.19. The first-order chi connectivity index (χ1) is 15.4. The minimum Gasteiger partial charge on any atom is -0.481 e. The predicted molar refractivity (Wildman–Crippen MR) is 134 cm³/mol. The van der Waals surface area contributed by atoms with Gasteiger partial charge in [0.05, 0.1) is 5.41 Å². The highest BCUT2D eigenvalue weighted by Crippen LogP contribution is 2.74. The number of allylic oxidation sites excluding steroid dienone is 3. The van der Waals surface area contributed by atoms with Gasteiger partial charge in [-0.3, -0.25) is 4.79 Å². The Bertz CT molecular complexity index is 872. The molecule has 3 saturated carbocycles. The normalized spacial score (nSPS) is 49.2. The molecule has 9 atom stereocenters. The molecule has 3 fully saturated rings. The van der Waals surface area contributed by atoms with Crippen molar-refractivity contribution in [2.45, 2.75) is 99.3 Å². The summed E-state index contributed by atoms with van der Waals surface area (Å²) in [6, 6.07) is 0. The van der Waals surface area contributed by atoms with Gasteiger partial charge in [0, 0.05) is 6.42 Å². The maximum Gasteiger partial charge on any atom is 0.310 e. The molecule has 4 rings (SSSR count). The van der Waals surface area contributed by atoms with Gasteiger partial charge >= 0.3 is 5.97 Å². The monoisotopic (exact) mass is 454 g/mol. The number of carbonyl (C=O) groups excluding carboxylic acids is 1. The second-order valence-corrected chi connectivity index (χ2v) is 13.2. The van der Waals surface area contributed by atoms with Gasteiger partial charge in [-0.1, -0.05) is 58.4 Å². The Morgan fingerprint density at radius 2 is 1.85 bits per heavy atom. The zero-order chi connectivity index (χ0) is 24.4. The van der Waals surface area contributed by atoms with Gasteiger partial charge in [-0.2, -0.15) is 0 Å². The molecular formula is C30H46O3. The van der Waals surface area contributed by atoms with Crippen LogP contribution in [0, 0.1) is 51.2 Å². The first kappa shape index (κ1) is 24.7. The van der Waals surface area contributed by atoms with Crippen molar-refractivity contribution in [3.63, 3.8) is 0 Å². The smallest absolute Gasteiger partial charge is 0.310 e. The van der Waals surface area contributed by atoms with Crippen molar-refractivity contribution in [1.29, 1.82) is 0 Å². The summed E-state index contributed by atoms with van der Waals surface area (Å²) in [5, 5.41) is 10.5.